The summed E-state index contributed by atoms with van der Waals surface area (Å²) in [4.78, 5) is 12.0. The van der Waals surface area contributed by atoms with Gasteiger partial charge in [-0.15, -0.1) is 0 Å². The number of hydrogen-bond donors (Lipinski definition) is 3. The van der Waals surface area contributed by atoms with Gasteiger partial charge >= 0.3 is 0 Å². The Balaban J connectivity index is 1.58. The van der Waals surface area contributed by atoms with Crippen LogP contribution in [0.1, 0.15) is 24.8 Å². The summed E-state index contributed by atoms with van der Waals surface area (Å²) in [6.45, 7) is 1.05. The van der Waals surface area contributed by atoms with Crippen LogP contribution in [0.4, 0.5) is 4.39 Å². The van der Waals surface area contributed by atoms with Crippen molar-refractivity contribution in [1.29, 1.82) is 0 Å². The molecule has 2 atom stereocenters. The van der Waals surface area contributed by atoms with Crippen molar-refractivity contribution in [2.75, 3.05) is 13.1 Å². The van der Waals surface area contributed by atoms with Crippen LogP contribution in [0, 0.1) is 5.82 Å². The summed E-state index contributed by atoms with van der Waals surface area (Å²) in [5.41, 5.74) is 1.05. The summed E-state index contributed by atoms with van der Waals surface area (Å²) in [7, 11) is 0. The van der Waals surface area contributed by atoms with Crippen LogP contribution in [0.2, 0.25) is 0 Å². The molecule has 1 saturated heterocycles. The molecule has 5 heteroatoms. The minimum absolute atomic E-state index is 0.0272. The van der Waals surface area contributed by atoms with Gasteiger partial charge in [-0.05, 0) is 37.0 Å². The summed E-state index contributed by atoms with van der Waals surface area (Å²) in [5, 5.41) is 15.4. The van der Waals surface area contributed by atoms with E-state index < -0.39 is 6.10 Å². The summed E-state index contributed by atoms with van der Waals surface area (Å²) < 4.78 is 12.9. The molecule has 0 aromatic heterocycles. The van der Waals surface area contributed by atoms with E-state index in [1.54, 1.807) is 12.1 Å². The van der Waals surface area contributed by atoms with Crippen molar-refractivity contribution >= 4 is 5.91 Å². The lowest BCUT2D eigenvalue weighted by molar-refractivity contribution is -0.123. The van der Waals surface area contributed by atoms with Gasteiger partial charge in [-0.1, -0.05) is 12.1 Å². The van der Waals surface area contributed by atoms with Gasteiger partial charge in [0.2, 0.25) is 5.91 Å². The highest BCUT2D eigenvalue weighted by Gasteiger charge is 2.44. The number of aliphatic hydroxyl groups is 1. The second-order valence-corrected chi connectivity index (χ2v) is 5.86. The molecule has 2 aliphatic rings. The summed E-state index contributed by atoms with van der Waals surface area (Å²) in [5.74, 6) is -0.298. The summed E-state index contributed by atoms with van der Waals surface area (Å²) in [6.07, 6.45) is 2.06. The van der Waals surface area contributed by atoms with Gasteiger partial charge in [0.25, 0.3) is 0 Å². The Bertz CT molecular complexity index is 499. The highest BCUT2D eigenvalue weighted by molar-refractivity contribution is 5.82. The van der Waals surface area contributed by atoms with E-state index in [1.807, 2.05) is 0 Å². The molecule has 0 radical (unpaired) electrons. The first kappa shape index (κ1) is 13.5. The molecule has 20 heavy (non-hydrogen) atoms. The van der Waals surface area contributed by atoms with Crippen molar-refractivity contribution in [2.45, 2.75) is 36.8 Å². The van der Waals surface area contributed by atoms with E-state index >= 15 is 0 Å². The SMILES string of the molecule is O=C(NCC1(c2ccc(F)cc2)CC1)[C@H]1C[C@H](O)CN1. The Morgan fingerprint density at radius 1 is 1.40 bits per heavy atom. The van der Waals surface area contributed by atoms with E-state index in [-0.39, 0.29) is 23.2 Å². The number of carbonyl (C=O) groups is 1. The van der Waals surface area contributed by atoms with E-state index in [1.165, 1.54) is 12.1 Å². The highest BCUT2D eigenvalue weighted by Crippen LogP contribution is 2.47. The fraction of sp³-hybridized carbons (Fsp3) is 0.533. The Labute approximate surface area is 117 Å². The van der Waals surface area contributed by atoms with Crippen molar-refractivity contribution in [1.82, 2.24) is 10.6 Å². The maximum absolute atomic E-state index is 12.9. The van der Waals surface area contributed by atoms with Crippen LogP contribution in [-0.4, -0.2) is 36.2 Å². The number of hydrogen-bond acceptors (Lipinski definition) is 3. The van der Waals surface area contributed by atoms with Gasteiger partial charge < -0.3 is 15.7 Å². The van der Waals surface area contributed by atoms with Crippen LogP contribution in [0.5, 0.6) is 0 Å². The van der Waals surface area contributed by atoms with E-state index in [0.717, 1.165) is 18.4 Å². The number of halogens is 1. The third kappa shape index (κ3) is 2.69. The van der Waals surface area contributed by atoms with Gasteiger partial charge in [0.15, 0.2) is 0 Å². The van der Waals surface area contributed by atoms with Crippen molar-refractivity contribution < 1.29 is 14.3 Å². The van der Waals surface area contributed by atoms with Crippen LogP contribution in [0.15, 0.2) is 24.3 Å². The summed E-state index contributed by atoms with van der Waals surface area (Å²) in [6, 6.07) is 6.23. The van der Waals surface area contributed by atoms with Crippen molar-refractivity contribution in [3.05, 3.63) is 35.6 Å². The molecule has 3 rings (SSSR count). The maximum atomic E-state index is 12.9. The van der Waals surface area contributed by atoms with Crippen LogP contribution in [-0.2, 0) is 10.2 Å². The fourth-order valence-corrected chi connectivity index (χ4v) is 2.82. The molecule has 1 heterocycles. The van der Waals surface area contributed by atoms with Gasteiger partial charge in [0.05, 0.1) is 12.1 Å². The van der Waals surface area contributed by atoms with E-state index in [9.17, 15) is 14.3 Å². The third-order valence-corrected chi connectivity index (χ3v) is 4.34. The van der Waals surface area contributed by atoms with Crippen LogP contribution >= 0.6 is 0 Å². The zero-order valence-electron chi connectivity index (χ0n) is 11.2. The average molecular weight is 278 g/mol. The number of benzene rings is 1. The lowest BCUT2D eigenvalue weighted by atomic mass is 9.96. The van der Waals surface area contributed by atoms with Crippen LogP contribution in [0.25, 0.3) is 0 Å². The molecule has 2 fully saturated rings. The predicted molar refractivity (Wildman–Crippen MR) is 72.7 cm³/mol. The molecule has 4 nitrogen and oxygen atoms in total. The standard InChI is InChI=1S/C15H19FN2O2/c16-11-3-1-10(2-4-11)15(5-6-15)9-18-14(20)13-7-12(19)8-17-13/h1-4,12-13,17,19H,5-9H2,(H,18,20)/t12-,13+/m0/s1. The Morgan fingerprint density at radius 2 is 2.10 bits per heavy atom. The van der Waals surface area contributed by atoms with E-state index in [4.69, 9.17) is 0 Å². The average Bonchev–Trinajstić information content (AvgIpc) is 3.11. The second kappa shape index (κ2) is 5.14. The fourth-order valence-electron chi connectivity index (χ4n) is 2.82. The monoisotopic (exact) mass is 278 g/mol. The molecule has 108 valence electrons. The molecule has 1 aliphatic heterocycles. The second-order valence-electron chi connectivity index (χ2n) is 5.86. The molecule has 1 aromatic carbocycles. The lowest BCUT2D eigenvalue weighted by Crippen LogP contribution is -2.43. The van der Waals surface area contributed by atoms with Crippen LogP contribution < -0.4 is 10.6 Å². The molecule has 1 amide bonds. The molecule has 0 unspecified atom stereocenters. The maximum Gasteiger partial charge on any atom is 0.237 e. The van der Waals surface area contributed by atoms with Gasteiger partial charge in [-0.3, -0.25) is 4.79 Å². The molecule has 3 N–H and O–H groups in total. The lowest BCUT2D eigenvalue weighted by Gasteiger charge is -2.18. The number of β-amino-alcohol motifs (C(OH)–C–C–N with tert-alkyl or cyclic N) is 1. The molecular formula is C15H19FN2O2. The Hall–Kier alpha value is -1.46. The number of rotatable bonds is 4. The molecular weight excluding hydrogens is 259 g/mol. The number of aliphatic hydroxyl groups excluding tert-OH is 1. The highest BCUT2D eigenvalue weighted by atomic mass is 19.1. The predicted octanol–water partition coefficient (Wildman–Crippen LogP) is 0.696. The zero-order chi connectivity index (χ0) is 14.2. The first-order chi connectivity index (χ1) is 9.59. The van der Waals surface area contributed by atoms with E-state index in [2.05, 4.69) is 10.6 Å². The van der Waals surface area contributed by atoms with Crippen molar-refractivity contribution in [2.24, 2.45) is 0 Å². The quantitative estimate of drug-likeness (QED) is 0.759. The first-order valence-corrected chi connectivity index (χ1v) is 7.04. The largest absolute Gasteiger partial charge is 0.392 e. The number of carbonyl (C=O) groups excluding carboxylic acids is 1. The van der Waals surface area contributed by atoms with Crippen molar-refractivity contribution in [3.8, 4) is 0 Å². The first-order valence-electron chi connectivity index (χ1n) is 7.04. The van der Waals surface area contributed by atoms with Crippen LogP contribution in [0.3, 0.4) is 0 Å². The third-order valence-electron chi connectivity index (χ3n) is 4.34. The zero-order valence-corrected chi connectivity index (χ0v) is 11.2. The molecule has 0 spiro atoms. The van der Waals surface area contributed by atoms with Gasteiger partial charge in [0.1, 0.15) is 5.82 Å². The molecule has 1 aromatic rings. The van der Waals surface area contributed by atoms with Gasteiger partial charge in [-0.25, -0.2) is 4.39 Å². The van der Waals surface area contributed by atoms with Gasteiger partial charge in [-0.2, -0.15) is 0 Å². The van der Waals surface area contributed by atoms with Crippen molar-refractivity contribution in [3.63, 3.8) is 0 Å². The minimum Gasteiger partial charge on any atom is -0.392 e. The van der Waals surface area contributed by atoms with E-state index in [0.29, 0.717) is 19.5 Å². The smallest absolute Gasteiger partial charge is 0.237 e. The molecule has 1 aliphatic carbocycles. The summed E-state index contributed by atoms with van der Waals surface area (Å²) >= 11 is 0. The topological polar surface area (TPSA) is 61.4 Å². The minimum atomic E-state index is -0.433. The Kier molecular flexibility index (Phi) is 3.48. The Morgan fingerprint density at radius 3 is 2.65 bits per heavy atom. The van der Waals surface area contributed by atoms with Gasteiger partial charge in [0, 0.05) is 18.5 Å². The molecule has 1 saturated carbocycles. The number of amides is 1. The number of nitrogens with one attached hydrogen (secondary N) is 2. The normalized spacial score (nSPS) is 27.3. The molecule has 0 bridgehead atoms.